The fraction of sp³-hybridized carbons (Fsp3) is 0.471. The Labute approximate surface area is 126 Å². The molecule has 21 heavy (non-hydrogen) atoms. The van der Waals surface area contributed by atoms with Crippen LogP contribution in [-0.2, 0) is 17.5 Å². The van der Waals surface area contributed by atoms with Crippen molar-refractivity contribution < 1.29 is 4.39 Å². The normalized spacial score (nSPS) is 12.7. The Balaban J connectivity index is 2.51. The van der Waals surface area contributed by atoms with Gasteiger partial charge in [-0.2, -0.15) is 5.10 Å². The van der Waals surface area contributed by atoms with E-state index >= 15 is 0 Å². The van der Waals surface area contributed by atoms with Crippen LogP contribution in [0.5, 0.6) is 0 Å². The maximum atomic E-state index is 13.9. The summed E-state index contributed by atoms with van der Waals surface area (Å²) in [6, 6.07) is 6.80. The molecule has 1 aromatic carbocycles. The topological polar surface area (TPSA) is 43.8 Å². The molecule has 0 spiro atoms. The third-order valence-corrected chi connectivity index (χ3v) is 3.52. The molecular weight excluding hydrogens is 265 g/mol. The van der Waals surface area contributed by atoms with Gasteiger partial charge in [-0.05, 0) is 19.9 Å². The summed E-state index contributed by atoms with van der Waals surface area (Å²) in [6.07, 6.45) is 1.81. The highest BCUT2D eigenvalue weighted by Gasteiger charge is 2.30. The van der Waals surface area contributed by atoms with Gasteiger partial charge in [0.2, 0.25) is 0 Å². The second-order valence-electron chi connectivity index (χ2n) is 7.13. The highest BCUT2D eigenvalue weighted by molar-refractivity contribution is 5.31. The van der Waals surface area contributed by atoms with E-state index in [1.54, 1.807) is 18.3 Å². The molecule has 0 saturated heterocycles. The Kier molecular flexibility index (Phi) is 3.93. The molecule has 2 rings (SSSR count). The third-order valence-electron chi connectivity index (χ3n) is 3.52. The highest BCUT2D eigenvalue weighted by Crippen LogP contribution is 2.31. The smallest absolute Gasteiger partial charge is 0.128 e. The van der Waals surface area contributed by atoms with Crippen LogP contribution in [0.2, 0.25) is 0 Å². The van der Waals surface area contributed by atoms with Crippen molar-refractivity contribution in [2.45, 2.75) is 52.1 Å². The minimum atomic E-state index is -0.476. The summed E-state index contributed by atoms with van der Waals surface area (Å²) in [5.74, 6) is -0.207. The molecule has 0 atom stereocenters. The van der Waals surface area contributed by atoms with Crippen molar-refractivity contribution in [3.05, 3.63) is 53.1 Å². The summed E-state index contributed by atoms with van der Waals surface area (Å²) in [4.78, 5) is 0. The monoisotopic (exact) mass is 289 g/mol. The molecule has 0 aliphatic rings. The highest BCUT2D eigenvalue weighted by atomic mass is 19.1. The largest absolute Gasteiger partial charge is 0.322 e. The van der Waals surface area contributed by atoms with Crippen molar-refractivity contribution in [3.8, 4) is 0 Å². The van der Waals surface area contributed by atoms with Crippen molar-refractivity contribution in [2.24, 2.45) is 5.73 Å². The van der Waals surface area contributed by atoms with Gasteiger partial charge in [-0.15, -0.1) is 0 Å². The van der Waals surface area contributed by atoms with Gasteiger partial charge in [0.25, 0.3) is 0 Å². The first-order valence-corrected chi connectivity index (χ1v) is 7.20. The van der Waals surface area contributed by atoms with Gasteiger partial charge in [0.15, 0.2) is 0 Å². The van der Waals surface area contributed by atoms with E-state index < -0.39 is 5.54 Å². The Morgan fingerprint density at radius 2 is 1.76 bits per heavy atom. The van der Waals surface area contributed by atoms with Crippen molar-refractivity contribution >= 4 is 0 Å². The SMILES string of the molecule is CC(C)(C)c1c(C(C)(C)N)cnn1Cc1ccccc1F. The molecule has 0 unspecified atom stereocenters. The Bertz CT molecular complexity index is 630. The number of benzene rings is 1. The van der Waals surface area contributed by atoms with E-state index in [0.717, 1.165) is 11.3 Å². The molecule has 0 fully saturated rings. The number of nitrogens with two attached hydrogens (primary N) is 1. The zero-order chi connectivity index (χ0) is 15.8. The second kappa shape index (κ2) is 5.26. The molecule has 0 bridgehead atoms. The van der Waals surface area contributed by atoms with Crippen LogP contribution in [0.1, 0.15) is 51.4 Å². The lowest BCUT2D eigenvalue weighted by molar-refractivity contribution is 0.468. The third kappa shape index (κ3) is 3.32. The van der Waals surface area contributed by atoms with Gasteiger partial charge < -0.3 is 5.73 Å². The van der Waals surface area contributed by atoms with Gasteiger partial charge >= 0.3 is 0 Å². The fourth-order valence-electron chi connectivity index (χ4n) is 2.56. The van der Waals surface area contributed by atoms with Crippen LogP contribution < -0.4 is 5.73 Å². The van der Waals surface area contributed by atoms with Crippen molar-refractivity contribution in [1.29, 1.82) is 0 Å². The van der Waals surface area contributed by atoms with E-state index in [2.05, 4.69) is 25.9 Å². The average Bonchev–Trinajstić information content (AvgIpc) is 2.75. The molecule has 114 valence electrons. The van der Waals surface area contributed by atoms with Gasteiger partial charge in [0, 0.05) is 27.8 Å². The maximum Gasteiger partial charge on any atom is 0.128 e. The number of nitrogens with zero attached hydrogens (tertiary/aromatic N) is 2. The quantitative estimate of drug-likeness (QED) is 0.939. The van der Waals surface area contributed by atoms with E-state index in [1.165, 1.54) is 6.07 Å². The zero-order valence-corrected chi connectivity index (χ0v) is 13.4. The number of aromatic nitrogens is 2. The predicted molar refractivity (Wildman–Crippen MR) is 83.6 cm³/mol. The summed E-state index contributed by atoms with van der Waals surface area (Å²) in [5, 5.41) is 4.46. The summed E-state index contributed by atoms with van der Waals surface area (Å²) in [5.41, 5.74) is 8.36. The maximum absolute atomic E-state index is 13.9. The molecule has 0 amide bonds. The molecule has 0 radical (unpaired) electrons. The molecule has 2 N–H and O–H groups in total. The van der Waals surface area contributed by atoms with Crippen molar-refractivity contribution in [1.82, 2.24) is 9.78 Å². The molecule has 0 saturated carbocycles. The first-order valence-electron chi connectivity index (χ1n) is 7.20. The fourth-order valence-corrected chi connectivity index (χ4v) is 2.56. The van der Waals surface area contributed by atoms with Gasteiger partial charge in [-0.1, -0.05) is 39.0 Å². The van der Waals surface area contributed by atoms with Gasteiger partial charge in [0.05, 0.1) is 12.7 Å². The standard InChI is InChI=1S/C17H24FN3/c1-16(2,3)15-13(17(4,5)19)10-20-21(15)11-12-8-6-7-9-14(12)18/h6-10H,11,19H2,1-5H3. The van der Waals surface area contributed by atoms with E-state index in [-0.39, 0.29) is 11.2 Å². The van der Waals surface area contributed by atoms with Crippen LogP contribution in [0, 0.1) is 5.82 Å². The summed E-state index contributed by atoms with van der Waals surface area (Å²) in [7, 11) is 0. The first-order chi connectivity index (χ1) is 9.60. The Hall–Kier alpha value is -1.68. The first kappa shape index (κ1) is 15.7. The molecule has 2 aromatic rings. The summed E-state index contributed by atoms with van der Waals surface area (Å²) >= 11 is 0. The Morgan fingerprint density at radius 3 is 2.29 bits per heavy atom. The number of hydrogen-bond acceptors (Lipinski definition) is 2. The van der Waals surface area contributed by atoms with Gasteiger partial charge in [0.1, 0.15) is 5.82 Å². The van der Waals surface area contributed by atoms with Gasteiger partial charge in [-0.3, -0.25) is 4.68 Å². The van der Waals surface area contributed by atoms with E-state index in [4.69, 9.17) is 5.73 Å². The van der Waals surface area contributed by atoms with Crippen LogP contribution in [0.4, 0.5) is 4.39 Å². The lowest BCUT2D eigenvalue weighted by Gasteiger charge is -2.27. The lowest BCUT2D eigenvalue weighted by Crippen LogP contribution is -2.33. The van der Waals surface area contributed by atoms with E-state index in [9.17, 15) is 4.39 Å². The number of hydrogen-bond donors (Lipinski definition) is 1. The molecular formula is C17H24FN3. The minimum absolute atomic E-state index is 0.117. The minimum Gasteiger partial charge on any atom is -0.322 e. The predicted octanol–water partition coefficient (Wildman–Crippen LogP) is 3.56. The molecule has 1 aromatic heterocycles. The van der Waals surface area contributed by atoms with Gasteiger partial charge in [-0.25, -0.2) is 4.39 Å². The molecule has 1 heterocycles. The van der Waals surface area contributed by atoms with Crippen molar-refractivity contribution in [2.75, 3.05) is 0 Å². The van der Waals surface area contributed by atoms with E-state index in [1.807, 2.05) is 24.6 Å². The molecule has 3 nitrogen and oxygen atoms in total. The van der Waals surface area contributed by atoms with Crippen LogP contribution in [0.15, 0.2) is 30.5 Å². The summed E-state index contributed by atoms with van der Waals surface area (Å²) < 4.78 is 15.7. The molecule has 0 aliphatic heterocycles. The van der Waals surface area contributed by atoms with E-state index in [0.29, 0.717) is 12.1 Å². The van der Waals surface area contributed by atoms with Crippen molar-refractivity contribution in [3.63, 3.8) is 0 Å². The zero-order valence-electron chi connectivity index (χ0n) is 13.4. The number of rotatable bonds is 3. The second-order valence-corrected chi connectivity index (χ2v) is 7.13. The number of halogens is 1. The van der Waals surface area contributed by atoms with Crippen LogP contribution in [-0.4, -0.2) is 9.78 Å². The van der Waals surface area contributed by atoms with Crippen LogP contribution in [0.25, 0.3) is 0 Å². The average molecular weight is 289 g/mol. The summed E-state index contributed by atoms with van der Waals surface area (Å²) in [6.45, 7) is 10.7. The van der Waals surface area contributed by atoms with Crippen LogP contribution >= 0.6 is 0 Å². The molecule has 0 aliphatic carbocycles. The lowest BCUT2D eigenvalue weighted by atomic mass is 9.83. The Morgan fingerprint density at radius 1 is 1.14 bits per heavy atom. The van der Waals surface area contributed by atoms with Crippen LogP contribution in [0.3, 0.4) is 0 Å². The molecule has 4 heteroatoms.